The van der Waals surface area contributed by atoms with Crippen molar-refractivity contribution in [2.75, 3.05) is 11.1 Å². The van der Waals surface area contributed by atoms with Gasteiger partial charge in [0.1, 0.15) is 0 Å². The van der Waals surface area contributed by atoms with Gasteiger partial charge in [-0.2, -0.15) is 0 Å². The molecule has 0 aromatic heterocycles. The van der Waals surface area contributed by atoms with E-state index >= 15 is 0 Å². The smallest absolute Gasteiger partial charge is 0.257 e. The molecular formula is C15H14Cl2N2O. The number of rotatable bonds is 2. The number of aryl methyl sites for hydroxylation is 2. The molecule has 2 aromatic rings. The summed E-state index contributed by atoms with van der Waals surface area (Å²) in [5.74, 6) is -0.279. The summed E-state index contributed by atoms with van der Waals surface area (Å²) in [7, 11) is 0. The summed E-state index contributed by atoms with van der Waals surface area (Å²) in [5.41, 5.74) is 9.42. The van der Waals surface area contributed by atoms with Crippen molar-refractivity contribution in [3.05, 3.63) is 57.1 Å². The standard InChI is InChI=1S/C15H14Cl2N2O/c1-8-6-14(9(2)5-13(8)18)19-15(20)11-4-3-10(16)7-12(11)17/h3-7H,18H2,1-2H3,(H,19,20). The van der Waals surface area contributed by atoms with Crippen molar-refractivity contribution in [3.8, 4) is 0 Å². The van der Waals surface area contributed by atoms with Gasteiger partial charge in [0, 0.05) is 16.4 Å². The Morgan fingerprint density at radius 3 is 2.45 bits per heavy atom. The first-order valence-electron chi connectivity index (χ1n) is 6.01. The van der Waals surface area contributed by atoms with E-state index in [0.717, 1.165) is 11.1 Å². The van der Waals surface area contributed by atoms with E-state index in [0.29, 0.717) is 27.0 Å². The molecule has 0 heterocycles. The lowest BCUT2D eigenvalue weighted by Gasteiger charge is -2.12. The molecule has 0 saturated carbocycles. The fraction of sp³-hybridized carbons (Fsp3) is 0.133. The number of nitrogens with one attached hydrogen (secondary N) is 1. The lowest BCUT2D eigenvalue weighted by molar-refractivity contribution is 0.102. The third-order valence-corrected chi connectivity index (χ3v) is 3.58. The summed E-state index contributed by atoms with van der Waals surface area (Å²) in [5, 5.41) is 3.64. The third-order valence-electron chi connectivity index (χ3n) is 3.04. The predicted octanol–water partition coefficient (Wildman–Crippen LogP) is 4.44. The van der Waals surface area contributed by atoms with Crippen molar-refractivity contribution < 1.29 is 4.79 Å². The second-order valence-corrected chi connectivity index (χ2v) is 5.45. The zero-order valence-corrected chi connectivity index (χ0v) is 12.6. The minimum Gasteiger partial charge on any atom is -0.399 e. The molecule has 0 aliphatic heterocycles. The van der Waals surface area contributed by atoms with Crippen LogP contribution in [0.1, 0.15) is 21.5 Å². The van der Waals surface area contributed by atoms with Gasteiger partial charge >= 0.3 is 0 Å². The Morgan fingerprint density at radius 2 is 1.80 bits per heavy atom. The Labute approximate surface area is 127 Å². The molecule has 3 nitrogen and oxygen atoms in total. The first-order valence-corrected chi connectivity index (χ1v) is 6.77. The number of hydrogen-bond acceptors (Lipinski definition) is 2. The molecule has 0 saturated heterocycles. The van der Waals surface area contributed by atoms with Crippen LogP contribution in [0.3, 0.4) is 0 Å². The van der Waals surface area contributed by atoms with Gasteiger partial charge in [0.25, 0.3) is 5.91 Å². The molecule has 2 rings (SSSR count). The molecule has 20 heavy (non-hydrogen) atoms. The maximum atomic E-state index is 12.2. The van der Waals surface area contributed by atoms with Crippen LogP contribution in [0.25, 0.3) is 0 Å². The van der Waals surface area contributed by atoms with Crippen LogP contribution in [0.4, 0.5) is 11.4 Å². The number of halogens is 2. The maximum absolute atomic E-state index is 12.2. The summed E-state index contributed by atoms with van der Waals surface area (Å²) in [6, 6.07) is 8.43. The number of anilines is 2. The van der Waals surface area contributed by atoms with E-state index in [-0.39, 0.29) is 5.91 Å². The number of nitrogens with two attached hydrogens (primary N) is 1. The molecule has 1 amide bonds. The van der Waals surface area contributed by atoms with Crippen LogP contribution in [0.15, 0.2) is 30.3 Å². The molecule has 3 N–H and O–H groups in total. The van der Waals surface area contributed by atoms with Crippen LogP contribution >= 0.6 is 23.2 Å². The summed E-state index contributed by atoms with van der Waals surface area (Å²) >= 11 is 11.8. The van der Waals surface area contributed by atoms with Gasteiger partial charge in [-0.25, -0.2) is 0 Å². The average molecular weight is 309 g/mol. The highest BCUT2D eigenvalue weighted by atomic mass is 35.5. The summed E-state index contributed by atoms with van der Waals surface area (Å²) in [6.45, 7) is 3.77. The number of nitrogen functional groups attached to an aromatic ring is 1. The molecule has 0 unspecified atom stereocenters. The van der Waals surface area contributed by atoms with Crippen molar-refractivity contribution in [2.45, 2.75) is 13.8 Å². The van der Waals surface area contributed by atoms with Crippen LogP contribution in [-0.2, 0) is 0 Å². The second-order valence-electron chi connectivity index (χ2n) is 4.60. The quantitative estimate of drug-likeness (QED) is 0.806. The van der Waals surface area contributed by atoms with Crippen molar-refractivity contribution >= 4 is 40.5 Å². The van der Waals surface area contributed by atoms with E-state index in [4.69, 9.17) is 28.9 Å². The molecular weight excluding hydrogens is 295 g/mol. The Bertz CT molecular complexity index is 684. The molecule has 104 valence electrons. The fourth-order valence-electron chi connectivity index (χ4n) is 1.84. The van der Waals surface area contributed by atoms with Gasteiger partial charge in [0.2, 0.25) is 0 Å². The average Bonchev–Trinajstić information content (AvgIpc) is 2.35. The van der Waals surface area contributed by atoms with Crippen molar-refractivity contribution in [1.82, 2.24) is 0 Å². The molecule has 5 heteroatoms. The number of carbonyl (C=O) groups is 1. The van der Waals surface area contributed by atoms with Crippen molar-refractivity contribution in [2.24, 2.45) is 0 Å². The lowest BCUT2D eigenvalue weighted by Crippen LogP contribution is -2.13. The molecule has 0 bridgehead atoms. The van der Waals surface area contributed by atoms with Crippen LogP contribution < -0.4 is 11.1 Å². The first-order chi connectivity index (χ1) is 9.38. The predicted molar refractivity (Wildman–Crippen MR) is 84.7 cm³/mol. The van der Waals surface area contributed by atoms with Crippen LogP contribution in [0, 0.1) is 13.8 Å². The molecule has 0 radical (unpaired) electrons. The summed E-state index contributed by atoms with van der Waals surface area (Å²) in [6.07, 6.45) is 0. The van der Waals surface area contributed by atoms with Crippen molar-refractivity contribution in [1.29, 1.82) is 0 Å². The first kappa shape index (κ1) is 14.7. The second kappa shape index (κ2) is 5.73. The van der Waals surface area contributed by atoms with Crippen molar-refractivity contribution in [3.63, 3.8) is 0 Å². The topological polar surface area (TPSA) is 55.1 Å². The number of hydrogen-bond donors (Lipinski definition) is 2. The number of amides is 1. The van der Waals surface area contributed by atoms with Gasteiger partial charge < -0.3 is 11.1 Å². The molecule has 0 spiro atoms. The molecule has 0 aliphatic carbocycles. The normalized spacial score (nSPS) is 10.4. The van der Waals surface area contributed by atoms with Gasteiger partial charge in [-0.15, -0.1) is 0 Å². The SMILES string of the molecule is Cc1cc(NC(=O)c2ccc(Cl)cc2Cl)c(C)cc1N. The van der Waals surface area contributed by atoms with E-state index in [1.807, 2.05) is 26.0 Å². The summed E-state index contributed by atoms with van der Waals surface area (Å²) < 4.78 is 0. The van der Waals surface area contributed by atoms with Gasteiger partial charge in [-0.3, -0.25) is 4.79 Å². The zero-order valence-electron chi connectivity index (χ0n) is 11.1. The zero-order chi connectivity index (χ0) is 14.9. The maximum Gasteiger partial charge on any atom is 0.257 e. The van der Waals surface area contributed by atoms with Crippen LogP contribution in [0.2, 0.25) is 10.0 Å². The Kier molecular flexibility index (Phi) is 4.21. The minimum atomic E-state index is -0.279. The van der Waals surface area contributed by atoms with Gasteiger partial charge in [0.05, 0.1) is 10.6 Å². The molecule has 2 aromatic carbocycles. The highest BCUT2D eigenvalue weighted by Gasteiger charge is 2.12. The van der Waals surface area contributed by atoms with Gasteiger partial charge in [0.15, 0.2) is 0 Å². The Balaban J connectivity index is 2.30. The molecule has 0 fully saturated rings. The van der Waals surface area contributed by atoms with E-state index < -0.39 is 0 Å². The summed E-state index contributed by atoms with van der Waals surface area (Å²) in [4.78, 5) is 12.2. The highest BCUT2D eigenvalue weighted by molar-refractivity contribution is 6.37. The highest BCUT2D eigenvalue weighted by Crippen LogP contribution is 2.25. The largest absolute Gasteiger partial charge is 0.399 e. The van der Waals surface area contributed by atoms with Gasteiger partial charge in [-0.05, 0) is 55.3 Å². The van der Waals surface area contributed by atoms with E-state index in [1.165, 1.54) is 0 Å². The van der Waals surface area contributed by atoms with E-state index in [1.54, 1.807) is 18.2 Å². The third kappa shape index (κ3) is 3.06. The van der Waals surface area contributed by atoms with Crippen LogP contribution in [0.5, 0.6) is 0 Å². The fourth-order valence-corrected chi connectivity index (χ4v) is 2.33. The van der Waals surface area contributed by atoms with Crippen LogP contribution in [-0.4, -0.2) is 5.91 Å². The molecule has 0 aliphatic rings. The molecule has 0 atom stereocenters. The monoisotopic (exact) mass is 308 g/mol. The lowest BCUT2D eigenvalue weighted by atomic mass is 10.1. The Morgan fingerprint density at radius 1 is 1.10 bits per heavy atom. The number of carbonyl (C=O) groups excluding carboxylic acids is 1. The van der Waals surface area contributed by atoms with E-state index in [2.05, 4.69) is 5.32 Å². The van der Waals surface area contributed by atoms with E-state index in [9.17, 15) is 4.79 Å². The minimum absolute atomic E-state index is 0.279. The number of benzene rings is 2. The Hall–Kier alpha value is -1.71. The van der Waals surface area contributed by atoms with Gasteiger partial charge in [-0.1, -0.05) is 23.2 Å².